The molecule has 0 spiro atoms. The highest BCUT2D eigenvalue weighted by molar-refractivity contribution is 5.85. The van der Waals surface area contributed by atoms with Gasteiger partial charge in [0, 0.05) is 18.7 Å². The number of hydrogen-bond donors (Lipinski definition) is 4. The maximum atomic E-state index is 9.08. The maximum absolute atomic E-state index is 9.08. The number of phenolic OH excluding ortho intramolecular Hbond substituents is 2. The van der Waals surface area contributed by atoms with E-state index in [0.29, 0.717) is 5.56 Å². The molecule has 0 aliphatic carbocycles. The minimum atomic E-state index is -0.344. The van der Waals surface area contributed by atoms with E-state index in [1.807, 2.05) is 0 Å². The minimum Gasteiger partial charge on any atom is -0.508 e. The number of benzene rings is 1. The first-order valence-electron chi connectivity index (χ1n) is 3.62. The zero-order chi connectivity index (χ0) is 9.14. The van der Waals surface area contributed by atoms with Crippen LogP contribution < -0.4 is 11.5 Å². The van der Waals surface area contributed by atoms with Crippen LogP contribution in [-0.2, 0) is 0 Å². The van der Waals surface area contributed by atoms with Gasteiger partial charge in [0.2, 0.25) is 0 Å². The summed E-state index contributed by atoms with van der Waals surface area (Å²) in [6, 6.07) is 3.87. The predicted octanol–water partition coefficient (Wildman–Crippen LogP) is 0.478. The molecule has 0 saturated heterocycles. The monoisotopic (exact) mass is 204 g/mol. The Labute approximate surface area is 82.6 Å². The van der Waals surface area contributed by atoms with Crippen molar-refractivity contribution in [2.24, 2.45) is 11.5 Å². The standard InChI is InChI=1S/C8H12N2O2.ClH/c9-4-8(10)5-1-6(11)3-7(12)2-5;/h1-3,8,11-12H,4,9-10H2;1H/t8-;/m1./s1. The zero-order valence-corrected chi connectivity index (χ0v) is 7.79. The lowest BCUT2D eigenvalue weighted by Gasteiger charge is -2.09. The molecule has 0 amide bonds. The molecule has 0 radical (unpaired) electrons. The fourth-order valence-electron chi connectivity index (χ4n) is 0.968. The maximum Gasteiger partial charge on any atom is 0.119 e. The summed E-state index contributed by atoms with van der Waals surface area (Å²) in [6.07, 6.45) is 0. The van der Waals surface area contributed by atoms with Gasteiger partial charge in [0.25, 0.3) is 0 Å². The van der Waals surface area contributed by atoms with Gasteiger partial charge in [-0.25, -0.2) is 0 Å². The Hall–Kier alpha value is -0.970. The molecule has 0 heterocycles. The fourth-order valence-corrected chi connectivity index (χ4v) is 0.968. The number of halogens is 1. The number of hydrogen-bond acceptors (Lipinski definition) is 4. The SMILES string of the molecule is Cl.NC[C@@H](N)c1cc(O)cc(O)c1. The van der Waals surface area contributed by atoms with Crippen LogP contribution in [0.5, 0.6) is 11.5 Å². The van der Waals surface area contributed by atoms with Crippen LogP contribution in [0.25, 0.3) is 0 Å². The van der Waals surface area contributed by atoms with Gasteiger partial charge in [-0.15, -0.1) is 12.4 Å². The Kier molecular flexibility index (Phi) is 4.55. The molecule has 0 aliphatic heterocycles. The van der Waals surface area contributed by atoms with E-state index in [1.165, 1.54) is 18.2 Å². The molecule has 0 aromatic heterocycles. The zero-order valence-electron chi connectivity index (χ0n) is 6.97. The van der Waals surface area contributed by atoms with Crippen molar-refractivity contribution in [3.8, 4) is 11.5 Å². The topological polar surface area (TPSA) is 92.5 Å². The van der Waals surface area contributed by atoms with Gasteiger partial charge in [-0.1, -0.05) is 0 Å². The molecule has 6 N–H and O–H groups in total. The Bertz CT molecular complexity index is 261. The first kappa shape index (κ1) is 12.0. The van der Waals surface area contributed by atoms with Gasteiger partial charge in [-0.2, -0.15) is 0 Å². The molecule has 74 valence electrons. The minimum absolute atomic E-state index is 0. The van der Waals surface area contributed by atoms with E-state index < -0.39 is 0 Å². The van der Waals surface area contributed by atoms with Crippen molar-refractivity contribution in [3.05, 3.63) is 23.8 Å². The highest BCUT2D eigenvalue weighted by Gasteiger charge is 2.05. The molecule has 13 heavy (non-hydrogen) atoms. The molecular weight excluding hydrogens is 192 g/mol. The predicted molar refractivity (Wildman–Crippen MR) is 53.0 cm³/mol. The lowest BCUT2D eigenvalue weighted by atomic mass is 10.1. The van der Waals surface area contributed by atoms with E-state index in [0.717, 1.165) is 0 Å². The second-order valence-corrected chi connectivity index (χ2v) is 2.62. The summed E-state index contributed by atoms with van der Waals surface area (Å²) < 4.78 is 0. The van der Waals surface area contributed by atoms with Gasteiger partial charge >= 0.3 is 0 Å². The van der Waals surface area contributed by atoms with E-state index in [9.17, 15) is 0 Å². The van der Waals surface area contributed by atoms with Crippen molar-refractivity contribution in [1.82, 2.24) is 0 Å². The smallest absolute Gasteiger partial charge is 0.119 e. The van der Waals surface area contributed by atoms with E-state index in [2.05, 4.69) is 0 Å². The molecule has 0 fully saturated rings. The summed E-state index contributed by atoms with van der Waals surface area (Å²) in [4.78, 5) is 0. The Morgan fingerprint density at radius 2 is 1.62 bits per heavy atom. The fraction of sp³-hybridized carbons (Fsp3) is 0.250. The van der Waals surface area contributed by atoms with Crippen molar-refractivity contribution in [2.75, 3.05) is 6.54 Å². The van der Waals surface area contributed by atoms with Crippen LogP contribution in [0.3, 0.4) is 0 Å². The number of phenols is 2. The van der Waals surface area contributed by atoms with Gasteiger partial charge in [-0.3, -0.25) is 0 Å². The van der Waals surface area contributed by atoms with Crippen molar-refractivity contribution in [2.45, 2.75) is 6.04 Å². The van der Waals surface area contributed by atoms with Crippen molar-refractivity contribution in [1.29, 1.82) is 0 Å². The third kappa shape index (κ3) is 3.10. The molecule has 1 aromatic rings. The normalized spacial score (nSPS) is 11.8. The van der Waals surface area contributed by atoms with E-state index >= 15 is 0 Å². The van der Waals surface area contributed by atoms with Crippen LogP contribution in [0.4, 0.5) is 0 Å². The summed E-state index contributed by atoms with van der Waals surface area (Å²) in [7, 11) is 0. The van der Waals surface area contributed by atoms with Gasteiger partial charge in [0.05, 0.1) is 0 Å². The first-order chi connectivity index (χ1) is 5.63. The summed E-state index contributed by atoms with van der Waals surface area (Å²) in [5, 5.41) is 18.2. The Balaban J connectivity index is 0.00000144. The van der Waals surface area contributed by atoms with Crippen molar-refractivity contribution in [3.63, 3.8) is 0 Å². The molecule has 1 rings (SSSR count). The second-order valence-electron chi connectivity index (χ2n) is 2.62. The average molecular weight is 205 g/mol. The lowest BCUT2D eigenvalue weighted by molar-refractivity contribution is 0.448. The van der Waals surface area contributed by atoms with Gasteiger partial charge in [-0.05, 0) is 17.7 Å². The van der Waals surface area contributed by atoms with E-state index in [4.69, 9.17) is 21.7 Å². The molecule has 4 nitrogen and oxygen atoms in total. The third-order valence-electron chi connectivity index (χ3n) is 1.61. The van der Waals surface area contributed by atoms with Crippen LogP contribution in [0, 0.1) is 0 Å². The third-order valence-corrected chi connectivity index (χ3v) is 1.61. The van der Waals surface area contributed by atoms with E-state index in [-0.39, 0.29) is 36.5 Å². The highest BCUT2D eigenvalue weighted by atomic mass is 35.5. The molecule has 1 aromatic carbocycles. The first-order valence-corrected chi connectivity index (χ1v) is 3.62. The van der Waals surface area contributed by atoms with Gasteiger partial charge in [0.1, 0.15) is 11.5 Å². The van der Waals surface area contributed by atoms with Crippen LogP contribution in [0.15, 0.2) is 18.2 Å². The Morgan fingerprint density at radius 1 is 1.15 bits per heavy atom. The van der Waals surface area contributed by atoms with Crippen molar-refractivity contribution >= 4 is 12.4 Å². The molecule has 0 saturated carbocycles. The van der Waals surface area contributed by atoms with E-state index in [1.54, 1.807) is 0 Å². The summed E-state index contributed by atoms with van der Waals surface area (Å²) in [5.74, 6) is -0.0113. The largest absolute Gasteiger partial charge is 0.508 e. The summed E-state index contributed by atoms with van der Waals surface area (Å²) in [5.41, 5.74) is 11.5. The second kappa shape index (κ2) is 4.91. The quantitative estimate of drug-likeness (QED) is 0.564. The summed E-state index contributed by atoms with van der Waals surface area (Å²) in [6.45, 7) is 0.281. The lowest BCUT2D eigenvalue weighted by Crippen LogP contribution is -2.20. The number of aromatic hydroxyl groups is 2. The number of rotatable bonds is 2. The molecule has 0 unspecified atom stereocenters. The molecule has 1 atom stereocenters. The van der Waals surface area contributed by atoms with Crippen LogP contribution >= 0.6 is 12.4 Å². The molecular formula is C8H13ClN2O2. The van der Waals surface area contributed by atoms with Gasteiger partial charge in [0.15, 0.2) is 0 Å². The highest BCUT2D eigenvalue weighted by Crippen LogP contribution is 2.23. The van der Waals surface area contributed by atoms with Crippen molar-refractivity contribution < 1.29 is 10.2 Å². The van der Waals surface area contributed by atoms with Crippen LogP contribution in [-0.4, -0.2) is 16.8 Å². The van der Waals surface area contributed by atoms with Crippen LogP contribution in [0.1, 0.15) is 11.6 Å². The average Bonchev–Trinajstić information content (AvgIpc) is 2.01. The number of nitrogens with two attached hydrogens (primary N) is 2. The molecule has 5 heteroatoms. The van der Waals surface area contributed by atoms with Crippen LogP contribution in [0.2, 0.25) is 0 Å². The molecule has 0 aliphatic rings. The molecule has 0 bridgehead atoms. The summed E-state index contributed by atoms with van der Waals surface area (Å²) >= 11 is 0. The van der Waals surface area contributed by atoms with Gasteiger partial charge < -0.3 is 21.7 Å². The Morgan fingerprint density at radius 3 is 2.00 bits per heavy atom.